The van der Waals surface area contributed by atoms with Crippen molar-refractivity contribution in [1.29, 1.82) is 0 Å². The van der Waals surface area contributed by atoms with Crippen molar-refractivity contribution in [3.8, 4) is 22.3 Å². The topological polar surface area (TPSA) is 15.3 Å². The van der Waals surface area contributed by atoms with Gasteiger partial charge >= 0.3 is 0 Å². The van der Waals surface area contributed by atoms with Crippen molar-refractivity contribution in [2.24, 2.45) is 0 Å². The van der Waals surface area contributed by atoms with Gasteiger partial charge in [-0.3, -0.25) is 0 Å². The monoisotopic (exact) mass is 706 g/mol. The number of nitrogens with one attached hydrogen (secondary N) is 1. The third kappa shape index (κ3) is 4.82. The second-order valence-electron chi connectivity index (χ2n) is 14.0. The average Bonchev–Trinajstić information content (AvgIpc) is 3.82. The lowest BCUT2D eigenvalue weighted by atomic mass is 9.87. The van der Waals surface area contributed by atoms with Crippen molar-refractivity contribution >= 4 is 71.7 Å². The summed E-state index contributed by atoms with van der Waals surface area (Å²) in [5.74, 6) is 0. The molecule has 0 radical (unpaired) electrons. The van der Waals surface area contributed by atoms with Gasteiger partial charge in [-0.05, 0) is 73.8 Å². The number of anilines is 3. The summed E-state index contributed by atoms with van der Waals surface area (Å²) in [6.45, 7) is 0. The molecule has 9 aromatic rings. The molecule has 11 rings (SSSR count). The van der Waals surface area contributed by atoms with Gasteiger partial charge in [0.1, 0.15) is 5.37 Å². The number of benzene rings is 9. The smallest absolute Gasteiger partial charge is 0.103 e. The quantitative estimate of drug-likeness (QED) is 0.173. The molecule has 0 saturated heterocycles. The lowest BCUT2D eigenvalue weighted by molar-refractivity contribution is 0.882. The number of para-hydroxylation sites is 1. The average molecular weight is 707 g/mol. The van der Waals surface area contributed by atoms with Crippen molar-refractivity contribution in [2.45, 2.75) is 5.37 Å². The summed E-state index contributed by atoms with van der Waals surface area (Å²) in [5.41, 5.74) is 13.6. The first-order chi connectivity index (χ1) is 26.8. The van der Waals surface area contributed by atoms with E-state index >= 15 is 0 Å². The molecule has 2 aliphatic rings. The fourth-order valence-electron chi connectivity index (χ4n) is 8.66. The van der Waals surface area contributed by atoms with Crippen LogP contribution in [0.2, 0.25) is 0 Å². The molecule has 1 aliphatic carbocycles. The maximum Gasteiger partial charge on any atom is 0.103 e. The van der Waals surface area contributed by atoms with Gasteiger partial charge in [0, 0.05) is 38.0 Å². The van der Waals surface area contributed by atoms with Gasteiger partial charge in [-0.15, -0.1) is 0 Å². The zero-order valence-electron chi connectivity index (χ0n) is 29.4. The highest BCUT2D eigenvalue weighted by molar-refractivity contribution is 8.09. The molecule has 54 heavy (non-hydrogen) atoms. The van der Waals surface area contributed by atoms with Gasteiger partial charge in [0.25, 0.3) is 0 Å². The number of nitrogens with zero attached hydrogens (tertiary/aromatic N) is 1. The fourth-order valence-corrected chi connectivity index (χ4v) is 9.95. The second-order valence-corrected chi connectivity index (χ2v) is 15.2. The summed E-state index contributed by atoms with van der Waals surface area (Å²) < 4.78 is 0. The molecule has 0 spiro atoms. The molecule has 254 valence electrons. The maximum atomic E-state index is 3.90. The van der Waals surface area contributed by atoms with Crippen LogP contribution in [0.1, 0.15) is 22.1 Å². The van der Waals surface area contributed by atoms with E-state index in [-0.39, 0.29) is 5.37 Å². The van der Waals surface area contributed by atoms with Crippen LogP contribution >= 0.6 is 11.8 Å². The Kier molecular flexibility index (Phi) is 7.21. The SMILES string of the molecule is c1ccc(-c2ccc(N(c3ccccc3)c3c4ccccc4c(-c4ccc5c6c(cccc46)C4=C5SC(c5ccccc5)N4)c4ccccc34)cc2)cc1. The first kappa shape index (κ1) is 31.0. The summed E-state index contributed by atoms with van der Waals surface area (Å²) in [7, 11) is 0. The van der Waals surface area contributed by atoms with E-state index in [0.29, 0.717) is 0 Å². The molecule has 0 saturated carbocycles. The first-order valence-electron chi connectivity index (χ1n) is 18.6. The van der Waals surface area contributed by atoms with Crippen LogP contribution in [0.5, 0.6) is 0 Å². The van der Waals surface area contributed by atoms with Crippen molar-refractivity contribution in [3.63, 3.8) is 0 Å². The lowest BCUT2D eigenvalue weighted by Gasteiger charge is -2.30. The number of fused-ring (bicyclic) bond motifs is 4. The minimum absolute atomic E-state index is 0.210. The van der Waals surface area contributed by atoms with Gasteiger partial charge in [0.15, 0.2) is 0 Å². The fraction of sp³-hybridized carbons (Fsp3) is 0.0196. The summed E-state index contributed by atoms with van der Waals surface area (Å²) in [5, 5.41) is 11.6. The standard InChI is InChI=1S/C51H34N2S/c1-4-15-33(16-5-1)34-27-29-37(30-28-34)53(36-19-8-3-9-20-36)49-42-23-12-10-21-39(42)46(40-22-11-13-24-43(40)49)41-31-32-45-47-38(41)25-14-26-44(47)48-50(45)54-51(52-48)35-17-6-2-7-18-35/h1-32,51-52H. The Bertz CT molecular complexity index is 2840. The molecular formula is C51H34N2S. The molecule has 0 amide bonds. The molecule has 9 aromatic carbocycles. The van der Waals surface area contributed by atoms with Crippen LogP contribution in [-0.2, 0) is 0 Å². The molecule has 1 atom stereocenters. The zero-order valence-corrected chi connectivity index (χ0v) is 30.2. The zero-order chi connectivity index (χ0) is 35.6. The van der Waals surface area contributed by atoms with Crippen molar-refractivity contribution in [1.82, 2.24) is 5.32 Å². The second kappa shape index (κ2) is 12.5. The highest BCUT2D eigenvalue weighted by Crippen LogP contribution is 2.57. The molecule has 1 aliphatic heterocycles. The Morgan fingerprint density at radius 1 is 0.407 bits per heavy atom. The van der Waals surface area contributed by atoms with E-state index in [4.69, 9.17) is 0 Å². The third-order valence-corrected chi connectivity index (χ3v) is 12.3. The van der Waals surface area contributed by atoms with Crippen molar-refractivity contribution in [2.75, 3.05) is 4.90 Å². The third-order valence-electron chi connectivity index (χ3n) is 11.0. The predicted molar refractivity (Wildman–Crippen MR) is 231 cm³/mol. The Labute approximate surface area is 319 Å². The number of rotatable bonds is 6. The van der Waals surface area contributed by atoms with E-state index in [1.165, 1.54) is 87.6 Å². The highest BCUT2D eigenvalue weighted by atomic mass is 32.2. The summed E-state index contributed by atoms with van der Waals surface area (Å²) in [6, 6.07) is 70.7. The van der Waals surface area contributed by atoms with Crippen LogP contribution in [0.3, 0.4) is 0 Å². The van der Waals surface area contributed by atoms with Crippen LogP contribution in [0.25, 0.3) is 65.2 Å². The van der Waals surface area contributed by atoms with Crippen LogP contribution in [-0.4, -0.2) is 0 Å². The summed E-state index contributed by atoms with van der Waals surface area (Å²) in [6.07, 6.45) is 0. The highest BCUT2D eigenvalue weighted by Gasteiger charge is 2.35. The van der Waals surface area contributed by atoms with E-state index in [0.717, 1.165) is 11.4 Å². The van der Waals surface area contributed by atoms with E-state index in [1.807, 2.05) is 11.8 Å². The largest absolute Gasteiger partial charge is 0.368 e. The van der Waals surface area contributed by atoms with Gasteiger partial charge in [-0.1, -0.05) is 182 Å². The molecule has 1 N–H and O–H groups in total. The van der Waals surface area contributed by atoms with Crippen molar-refractivity contribution in [3.05, 3.63) is 211 Å². The maximum absolute atomic E-state index is 3.90. The van der Waals surface area contributed by atoms with Crippen LogP contribution in [0, 0.1) is 0 Å². The Morgan fingerprint density at radius 3 is 1.63 bits per heavy atom. The van der Waals surface area contributed by atoms with Gasteiger partial charge < -0.3 is 10.2 Å². The minimum atomic E-state index is 0.210. The van der Waals surface area contributed by atoms with Crippen LogP contribution in [0.15, 0.2) is 194 Å². The number of hydrogen-bond donors (Lipinski definition) is 1. The molecule has 0 bridgehead atoms. The van der Waals surface area contributed by atoms with Gasteiger partial charge in [-0.2, -0.15) is 0 Å². The van der Waals surface area contributed by atoms with Crippen LogP contribution in [0.4, 0.5) is 17.1 Å². The molecule has 0 aromatic heterocycles. The predicted octanol–water partition coefficient (Wildman–Crippen LogP) is 14.1. The summed E-state index contributed by atoms with van der Waals surface area (Å²) >= 11 is 1.93. The number of thioether (sulfide) groups is 1. The lowest BCUT2D eigenvalue weighted by Crippen LogP contribution is -2.12. The molecule has 1 heterocycles. The van der Waals surface area contributed by atoms with Gasteiger partial charge in [0.2, 0.25) is 0 Å². The molecule has 1 unspecified atom stereocenters. The normalized spacial score (nSPS) is 14.5. The van der Waals surface area contributed by atoms with Crippen LogP contribution < -0.4 is 10.2 Å². The van der Waals surface area contributed by atoms with E-state index in [1.54, 1.807) is 0 Å². The Morgan fingerprint density at radius 2 is 0.944 bits per heavy atom. The van der Waals surface area contributed by atoms with E-state index < -0.39 is 0 Å². The molecule has 2 nitrogen and oxygen atoms in total. The number of hydrogen-bond acceptors (Lipinski definition) is 3. The summed E-state index contributed by atoms with van der Waals surface area (Å²) in [4.78, 5) is 3.79. The molecule has 3 heteroatoms. The molecule has 0 fully saturated rings. The van der Waals surface area contributed by atoms with Crippen molar-refractivity contribution < 1.29 is 0 Å². The van der Waals surface area contributed by atoms with E-state index in [2.05, 4.69) is 204 Å². The first-order valence-corrected chi connectivity index (χ1v) is 19.4. The Balaban J connectivity index is 1.11. The Hall–Kier alpha value is -6.55. The van der Waals surface area contributed by atoms with Gasteiger partial charge in [-0.25, -0.2) is 0 Å². The minimum Gasteiger partial charge on any atom is -0.368 e. The molecular weight excluding hydrogens is 673 g/mol. The van der Waals surface area contributed by atoms with E-state index in [9.17, 15) is 0 Å². The van der Waals surface area contributed by atoms with Gasteiger partial charge in [0.05, 0.1) is 11.4 Å².